The SMILES string of the molecule is O=C(Cc1ccc(OCCCC2CCN(C3NCC(Cl)CN3C3CCCCCCC3)CC2)cc1F)N1CCC(O)(CNCC(CO)(CO)CO)CC1. The molecule has 52 heavy (non-hydrogen) atoms. The van der Waals surface area contributed by atoms with E-state index in [0.29, 0.717) is 55.8 Å². The van der Waals surface area contributed by atoms with E-state index in [1.165, 1.54) is 63.9 Å². The molecule has 1 aliphatic carbocycles. The van der Waals surface area contributed by atoms with E-state index < -0.39 is 16.8 Å². The van der Waals surface area contributed by atoms with Gasteiger partial charge in [-0.05, 0) is 68.9 Å². The Hall–Kier alpha value is -1.61. The van der Waals surface area contributed by atoms with Crippen LogP contribution in [0.5, 0.6) is 5.75 Å². The number of carbonyl (C=O) groups is 1. The van der Waals surface area contributed by atoms with Gasteiger partial charge in [-0.2, -0.15) is 0 Å². The average Bonchev–Trinajstić information content (AvgIpc) is 3.14. The Morgan fingerprint density at radius 1 is 1.00 bits per heavy atom. The van der Waals surface area contributed by atoms with Gasteiger partial charge in [-0.15, -0.1) is 11.6 Å². The summed E-state index contributed by atoms with van der Waals surface area (Å²) in [6.45, 7) is 4.42. The zero-order valence-electron chi connectivity index (χ0n) is 31.1. The minimum atomic E-state index is -1.06. The Morgan fingerprint density at radius 2 is 1.67 bits per heavy atom. The Kier molecular flexibility index (Phi) is 16.3. The van der Waals surface area contributed by atoms with Crippen molar-refractivity contribution in [1.82, 2.24) is 25.3 Å². The summed E-state index contributed by atoms with van der Waals surface area (Å²) >= 11 is 6.66. The van der Waals surface area contributed by atoms with Crippen molar-refractivity contribution in [2.75, 3.05) is 78.8 Å². The number of carbonyl (C=O) groups excluding carboxylic acids is 1. The van der Waals surface area contributed by atoms with Crippen molar-refractivity contribution in [2.45, 2.75) is 113 Å². The molecule has 5 rings (SSSR count). The third-order valence-corrected chi connectivity index (χ3v) is 12.5. The van der Waals surface area contributed by atoms with E-state index in [0.717, 1.165) is 39.0 Å². The van der Waals surface area contributed by atoms with Crippen LogP contribution in [0.15, 0.2) is 18.2 Å². The van der Waals surface area contributed by atoms with Gasteiger partial charge in [-0.1, -0.05) is 38.2 Å². The van der Waals surface area contributed by atoms with Gasteiger partial charge < -0.3 is 35.4 Å². The molecule has 296 valence electrons. The highest BCUT2D eigenvalue weighted by Crippen LogP contribution is 2.30. The highest BCUT2D eigenvalue weighted by Gasteiger charge is 2.38. The third kappa shape index (κ3) is 11.7. The first-order chi connectivity index (χ1) is 25.2. The molecule has 2 unspecified atom stereocenters. The Bertz CT molecular complexity index is 1210. The van der Waals surface area contributed by atoms with E-state index >= 15 is 4.39 Å². The summed E-state index contributed by atoms with van der Waals surface area (Å²) in [6.07, 6.45) is 14.6. The summed E-state index contributed by atoms with van der Waals surface area (Å²) in [6, 6.07) is 5.36. The summed E-state index contributed by atoms with van der Waals surface area (Å²) in [4.78, 5) is 20.0. The van der Waals surface area contributed by atoms with Crippen molar-refractivity contribution in [3.8, 4) is 5.75 Å². The van der Waals surface area contributed by atoms with E-state index in [9.17, 15) is 25.2 Å². The number of nitrogens with one attached hydrogen (secondary N) is 2. The molecule has 4 aliphatic rings. The van der Waals surface area contributed by atoms with Crippen molar-refractivity contribution < 1.29 is 34.3 Å². The number of halogens is 2. The molecule has 1 aromatic rings. The van der Waals surface area contributed by atoms with Gasteiger partial charge in [-0.25, -0.2) is 4.39 Å². The maximum atomic E-state index is 15.0. The highest BCUT2D eigenvalue weighted by atomic mass is 35.5. The van der Waals surface area contributed by atoms with Crippen LogP contribution in [0.4, 0.5) is 4.39 Å². The number of hydrogen-bond acceptors (Lipinski definition) is 10. The second kappa shape index (κ2) is 20.3. The molecule has 1 saturated carbocycles. The molecular weight excluding hydrogens is 689 g/mol. The van der Waals surface area contributed by atoms with Crippen LogP contribution in [-0.2, 0) is 11.2 Å². The highest BCUT2D eigenvalue weighted by molar-refractivity contribution is 6.21. The lowest BCUT2D eigenvalue weighted by Gasteiger charge is -2.50. The van der Waals surface area contributed by atoms with Gasteiger partial charge in [0.1, 0.15) is 17.9 Å². The Labute approximate surface area is 315 Å². The number of aliphatic hydroxyl groups excluding tert-OH is 3. The topological polar surface area (TPSA) is 141 Å². The minimum Gasteiger partial charge on any atom is -0.493 e. The van der Waals surface area contributed by atoms with Crippen LogP contribution in [0.2, 0.25) is 0 Å². The van der Waals surface area contributed by atoms with Gasteiger partial charge in [0, 0.05) is 64.5 Å². The molecule has 6 N–H and O–H groups in total. The Morgan fingerprint density at radius 3 is 2.33 bits per heavy atom. The van der Waals surface area contributed by atoms with E-state index in [4.69, 9.17) is 16.3 Å². The molecule has 3 saturated heterocycles. The number of aliphatic hydroxyl groups is 4. The minimum absolute atomic E-state index is 0.0608. The zero-order chi connectivity index (χ0) is 37.0. The number of benzene rings is 1. The molecule has 0 radical (unpaired) electrons. The summed E-state index contributed by atoms with van der Waals surface area (Å²) in [5.41, 5.74) is -1.79. The number of ether oxygens (including phenoxy) is 1. The van der Waals surface area contributed by atoms with Crippen LogP contribution < -0.4 is 15.4 Å². The van der Waals surface area contributed by atoms with Gasteiger partial charge >= 0.3 is 0 Å². The largest absolute Gasteiger partial charge is 0.493 e. The van der Waals surface area contributed by atoms with Crippen molar-refractivity contribution >= 4 is 17.5 Å². The van der Waals surface area contributed by atoms with E-state index in [-0.39, 0.29) is 56.9 Å². The van der Waals surface area contributed by atoms with Crippen LogP contribution >= 0.6 is 11.6 Å². The van der Waals surface area contributed by atoms with Gasteiger partial charge in [0.2, 0.25) is 5.91 Å². The molecular formula is C39H65ClFN5O6. The van der Waals surface area contributed by atoms with Gasteiger partial charge in [-0.3, -0.25) is 19.9 Å². The molecule has 13 heteroatoms. The fraction of sp³-hybridized carbons (Fsp3) is 0.821. The monoisotopic (exact) mass is 753 g/mol. The lowest BCUT2D eigenvalue weighted by Crippen LogP contribution is -2.66. The summed E-state index contributed by atoms with van der Waals surface area (Å²) in [7, 11) is 0. The molecule has 0 aromatic heterocycles. The van der Waals surface area contributed by atoms with E-state index in [1.807, 2.05) is 0 Å². The average molecular weight is 754 g/mol. The molecule has 3 heterocycles. The third-order valence-electron chi connectivity index (χ3n) is 12.2. The summed E-state index contributed by atoms with van der Waals surface area (Å²) in [5.74, 6) is 0.487. The molecule has 3 aliphatic heterocycles. The second-order valence-electron chi connectivity index (χ2n) is 16.2. The van der Waals surface area contributed by atoms with Crippen LogP contribution in [0.1, 0.15) is 89.0 Å². The van der Waals surface area contributed by atoms with Crippen LogP contribution in [-0.4, -0.2) is 143 Å². The number of hydrogen-bond donors (Lipinski definition) is 6. The molecule has 4 fully saturated rings. The molecule has 2 atom stereocenters. The smallest absolute Gasteiger partial charge is 0.227 e. The van der Waals surface area contributed by atoms with E-state index in [1.54, 1.807) is 17.0 Å². The fourth-order valence-corrected chi connectivity index (χ4v) is 8.76. The predicted octanol–water partition coefficient (Wildman–Crippen LogP) is 3.05. The lowest BCUT2D eigenvalue weighted by atomic mass is 9.88. The first-order valence-electron chi connectivity index (χ1n) is 20.0. The molecule has 11 nitrogen and oxygen atoms in total. The predicted molar refractivity (Wildman–Crippen MR) is 201 cm³/mol. The fourth-order valence-electron chi connectivity index (χ4n) is 8.51. The number of nitrogens with zero attached hydrogens (tertiary/aromatic N) is 3. The summed E-state index contributed by atoms with van der Waals surface area (Å²) in [5, 5.41) is 46.5. The van der Waals surface area contributed by atoms with Crippen molar-refractivity contribution in [1.29, 1.82) is 0 Å². The Balaban J connectivity index is 0.984. The first kappa shape index (κ1) is 41.6. The van der Waals surface area contributed by atoms with Crippen molar-refractivity contribution in [3.05, 3.63) is 29.6 Å². The molecule has 1 amide bonds. The van der Waals surface area contributed by atoms with Crippen LogP contribution in [0.3, 0.4) is 0 Å². The summed E-state index contributed by atoms with van der Waals surface area (Å²) < 4.78 is 21.0. The molecule has 0 bridgehead atoms. The molecule has 1 aromatic carbocycles. The lowest BCUT2D eigenvalue weighted by molar-refractivity contribution is -0.134. The molecule has 0 spiro atoms. The van der Waals surface area contributed by atoms with Crippen molar-refractivity contribution in [3.63, 3.8) is 0 Å². The number of likely N-dealkylation sites (tertiary alicyclic amines) is 2. The normalized spacial score (nSPS) is 24.8. The van der Waals surface area contributed by atoms with Gasteiger partial charge in [0.25, 0.3) is 0 Å². The van der Waals surface area contributed by atoms with Crippen molar-refractivity contribution in [2.24, 2.45) is 11.3 Å². The van der Waals surface area contributed by atoms with E-state index in [2.05, 4.69) is 20.4 Å². The maximum absolute atomic E-state index is 15.0. The van der Waals surface area contributed by atoms with Crippen LogP contribution in [0, 0.1) is 17.2 Å². The quantitative estimate of drug-likeness (QED) is 0.110. The zero-order valence-corrected chi connectivity index (χ0v) is 31.9. The maximum Gasteiger partial charge on any atom is 0.227 e. The number of amides is 1. The van der Waals surface area contributed by atoms with Gasteiger partial charge in [0.05, 0.1) is 49.2 Å². The number of rotatable bonds is 16. The standard InChI is InChI=1S/C39H65ClFN5O6/c40-32-23-43-37(46(24-32)33-8-4-2-1-3-5-9-33)45-16-12-30(13-17-45)7-6-20-52-34-11-10-31(35(41)22-34)21-36(50)44-18-14-39(51,15-19-44)26-42-25-38(27-47,28-48)29-49/h10-11,22,30,32-33,37,42-43,47-49,51H,1-9,12-21,23-29H2. The number of piperidine rings is 2. The number of alkyl halides is 1. The first-order valence-corrected chi connectivity index (χ1v) is 20.4. The van der Waals surface area contributed by atoms with Crippen LogP contribution in [0.25, 0.3) is 0 Å². The van der Waals surface area contributed by atoms with Gasteiger partial charge in [0.15, 0.2) is 0 Å². The second-order valence-corrected chi connectivity index (χ2v) is 16.8.